The van der Waals surface area contributed by atoms with Crippen LogP contribution in [0.4, 0.5) is 5.82 Å². The summed E-state index contributed by atoms with van der Waals surface area (Å²) < 4.78 is 4.29. The summed E-state index contributed by atoms with van der Waals surface area (Å²) in [7, 11) is 1.71. The van der Waals surface area contributed by atoms with Crippen molar-refractivity contribution in [1.29, 1.82) is 0 Å². The van der Waals surface area contributed by atoms with Gasteiger partial charge in [0.15, 0.2) is 0 Å². The molecule has 0 aromatic carbocycles. The predicted molar refractivity (Wildman–Crippen MR) is 131 cm³/mol. The average molecular weight is 544 g/mol. The van der Waals surface area contributed by atoms with E-state index in [4.69, 9.17) is 0 Å². The Labute approximate surface area is 199 Å². The highest BCUT2D eigenvalue weighted by Gasteiger charge is 2.37. The molecule has 0 saturated carbocycles. The van der Waals surface area contributed by atoms with E-state index in [0.717, 1.165) is 24.0 Å². The van der Waals surface area contributed by atoms with Gasteiger partial charge >= 0.3 is 0 Å². The second-order valence-electron chi connectivity index (χ2n) is 9.44. The number of aromatic nitrogens is 3. The number of amides is 1. The number of hydrogen-bond donors (Lipinski definition) is 1. The fourth-order valence-corrected chi connectivity index (χ4v) is 5.79. The van der Waals surface area contributed by atoms with Crippen molar-refractivity contribution in [3.05, 3.63) is 67.0 Å². The molecule has 1 amide bonds. The summed E-state index contributed by atoms with van der Waals surface area (Å²) in [5, 5.41) is 10.3. The number of nitrogens with zero attached hydrogens (tertiary/aromatic N) is 4. The molecule has 8 heteroatoms. The third kappa shape index (κ3) is 3.31. The number of aryl methyl sites for hydroxylation is 1. The molecule has 5 rings (SSSR count). The Balaban J connectivity index is 1.57. The third-order valence-electron chi connectivity index (χ3n) is 6.52. The second-order valence-corrected chi connectivity index (χ2v) is 10.6. The van der Waals surface area contributed by atoms with Crippen LogP contribution in [0.3, 0.4) is 0 Å². The van der Waals surface area contributed by atoms with Crippen LogP contribution in [0.2, 0.25) is 0 Å². The van der Waals surface area contributed by atoms with Crippen LogP contribution in [-0.4, -0.2) is 31.7 Å². The van der Waals surface area contributed by atoms with Gasteiger partial charge in [-0.2, -0.15) is 0 Å². The maximum Gasteiger partial charge on any atom is 0.276 e. The van der Waals surface area contributed by atoms with Crippen molar-refractivity contribution in [2.75, 3.05) is 11.4 Å². The average Bonchev–Trinajstić information content (AvgIpc) is 3.23. The van der Waals surface area contributed by atoms with Gasteiger partial charge in [-0.05, 0) is 75.7 Å². The van der Waals surface area contributed by atoms with Gasteiger partial charge in [-0.1, -0.05) is 13.8 Å². The van der Waals surface area contributed by atoms with Crippen molar-refractivity contribution in [3.63, 3.8) is 0 Å². The van der Waals surface area contributed by atoms with E-state index in [1.165, 1.54) is 15.8 Å². The van der Waals surface area contributed by atoms with E-state index < -0.39 is 0 Å². The Hall–Kier alpha value is -2.46. The minimum atomic E-state index is -0.257. The molecule has 166 valence electrons. The van der Waals surface area contributed by atoms with Gasteiger partial charge in [-0.25, -0.2) is 4.98 Å². The maximum absolute atomic E-state index is 13.5. The number of pyridine rings is 2. The van der Waals surface area contributed by atoms with Crippen LogP contribution in [-0.2, 0) is 33.0 Å². The SMILES string of the molecule is Cn1cc(-c2ccnc(N3CCn4c(cc5c4CC(C)(C)C5)C3=O)c2CO)cc(I)c1=O. The lowest BCUT2D eigenvalue weighted by atomic mass is 9.90. The number of rotatable bonds is 3. The van der Waals surface area contributed by atoms with Crippen molar-refractivity contribution in [3.8, 4) is 11.1 Å². The topological polar surface area (TPSA) is 80.4 Å². The number of carbonyl (C=O) groups excluding carboxylic acids is 1. The molecule has 0 fully saturated rings. The summed E-state index contributed by atoms with van der Waals surface area (Å²) in [5.41, 5.74) is 5.57. The largest absolute Gasteiger partial charge is 0.392 e. The fraction of sp³-hybridized carbons (Fsp3) is 0.375. The van der Waals surface area contributed by atoms with Crippen LogP contribution in [0.1, 0.15) is 41.2 Å². The highest BCUT2D eigenvalue weighted by Crippen LogP contribution is 2.40. The van der Waals surface area contributed by atoms with Crippen LogP contribution >= 0.6 is 22.6 Å². The van der Waals surface area contributed by atoms with E-state index in [9.17, 15) is 14.7 Å². The molecule has 0 bridgehead atoms. The Morgan fingerprint density at radius 1 is 1.19 bits per heavy atom. The van der Waals surface area contributed by atoms with Crippen LogP contribution in [0.25, 0.3) is 11.1 Å². The Morgan fingerprint density at radius 3 is 2.69 bits per heavy atom. The first-order valence-corrected chi connectivity index (χ1v) is 11.8. The van der Waals surface area contributed by atoms with Crippen molar-refractivity contribution in [2.45, 2.75) is 39.8 Å². The number of carbonyl (C=O) groups is 1. The Bertz CT molecular complexity index is 1300. The first-order valence-electron chi connectivity index (χ1n) is 10.7. The van der Waals surface area contributed by atoms with Crippen molar-refractivity contribution in [1.82, 2.24) is 14.1 Å². The molecular weight excluding hydrogens is 519 g/mol. The summed E-state index contributed by atoms with van der Waals surface area (Å²) in [5.74, 6) is 0.393. The normalized spacial score (nSPS) is 16.9. The molecular formula is C24H25IN4O3. The summed E-state index contributed by atoms with van der Waals surface area (Å²) in [6.07, 6.45) is 5.37. The summed E-state index contributed by atoms with van der Waals surface area (Å²) in [6.45, 7) is 5.48. The highest BCUT2D eigenvalue weighted by atomic mass is 127. The van der Waals surface area contributed by atoms with Gasteiger partial charge in [-0.3, -0.25) is 14.5 Å². The number of anilines is 1. The highest BCUT2D eigenvalue weighted by molar-refractivity contribution is 14.1. The molecule has 0 unspecified atom stereocenters. The lowest BCUT2D eigenvalue weighted by Gasteiger charge is -2.31. The van der Waals surface area contributed by atoms with Gasteiger partial charge in [0.1, 0.15) is 11.5 Å². The molecule has 4 heterocycles. The molecule has 1 aliphatic heterocycles. The lowest BCUT2D eigenvalue weighted by Crippen LogP contribution is -2.41. The standard InChI is InChI=1S/C24H25IN4O3/c1-24(2)10-14-9-19-23(32)29(7-6-28(19)20(14)11-24)21-17(13-30)16(4-5-26-21)15-8-18(25)22(31)27(3)12-15/h4-5,8-9,12,30H,6-7,10-11,13H2,1-3H3. The molecule has 0 atom stereocenters. The number of halogens is 1. The quantitative estimate of drug-likeness (QED) is 0.514. The maximum atomic E-state index is 13.5. The van der Waals surface area contributed by atoms with E-state index >= 15 is 0 Å². The number of aliphatic hydroxyl groups excluding tert-OH is 1. The Morgan fingerprint density at radius 2 is 1.97 bits per heavy atom. The lowest BCUT2D eigenvalue weighted by molar-refractivity contribution is 0.0962. The molecule has 2 aliphatic rings. The Kier molecular flexibility index (Phi) is 5.05. The predicted octanol–water partition coefficient (Wildman–Crippen LogP) is 3.13. The van der Waals surface area contributed by atoms with Crippen LogP contribution < -0.4 is 10.5 Å². The van der Waals surface area contributed by atoms with Gasteiger partial charge in [-0.15, -0.1) is 0 Å². The van der Waals surface area contributed by atoms with E-state index in [2.05, 4.69) is 23.4 Å². The molecule has 7 nitrogen and oxygen atoms in total. The van der Waals surface area contributed by atoms with Gasteiger partial charge in [0.2, 0.25) is 0 Å². The third-order valence-corrected chi connectivity index (χ3v) is 7.30. The van der Waals surface area contributed by atoms with Crippen LogP contribution in [0, 0.1) is 8.99 Å². The summed E-state index contributed by atoms with van der Waals surface area (Å²) >= 11 is 2.02. The van der Waals surface area contributed by atoms with Gasteiger partial charge in [0.05, 0.1) is 10.2 Å². The zero-order valence-electron chi connectivity index (χ0n) is 18.4. The molecule has 0 spiro atoms. The number of aliphatic hydroxyl groups is 1. The van der Waals surface area contributed by atoms with Crippen molar-refractivity contribution >= 4 is 34.3 Å². The molecule has 0 radical (unpaired) electrons. The minimum absolute atomic E-state index is 0.0719. The first-order chi connectivity index (χ1) is 15.2. The van der Waals surface area contributed by atoms with Crippen LogP contribution in [0.15, 0.2) is 35.4 Å². The molecule has 1 aliphatic carbocycles. The number of fused-ring (bicyclic) bond motifs is 3. The smallest absolute Gasteiger partial charge is 0.276 e. The van der Waals surface area contributed by atoms with E-state index in [1.807, 2.05) is 34.7 Å². The van der Waals surface area contributed by atoms with Gasteiger partial charge in [0.25, 0.3) is 11.5 Å². The second kappa shape index (κ2) is 7.55. The van der Waals surface area contributed by atoms with Gasteiger partial charge in [0, 0.05) is 43.8 Å². The molecule has 1 N–H and O–H groups in total. The molecule has 0 saturated heterocycles. The van der Waals surface area contributed by atoms with Crippen molar-refractivity contribution in [2.24, 2.45) is 12.5 Å². The zero-order chi connectivity index (χ0) is 22.8. The number of hydrogen-bond acceptors (Lipinski definition) is 4. The summed E-state index contributed by atoms with van der Waals surface area (Å²) in [6, 6.07) is 5.66. The summed E-state index contributed by atoms with van der Waals surface area (Å²) in [4.78, 5) is 31.8. The van der Waals surface area contributed by atoms with E-state index in [0.29, 0.717) is 33.7 Å². The molecule has 3 aromatic heterocycles. The zero-order valence-corrected chi connectivity index (χ0v) is 20.5. The van der Waals surface area contributed by atoms with E-state index in [1.54, 1.807) is 30.4 Å². The first kappa shape index (κ1) is 21.4. The van der Waals surface area contributed by atoms with Crippen molar-refractivity contribution < 1.29 is 9.90 Å². The minimum Gasteiger partial charge on any atom is -0.392 e. The monoisotopic (exact) mass is 544 g/mol. The molecule has 32 heavy (non-hydrogen) atoms. The van der Waals surface area contributed by atoms with Gasteiger partial charge < -0.3 is 14.2 Å². The fourth-order valence-electron chi connectivity index (χ4n) is 5.07. The van der Waals surface area contributed by atoms with Crippen LogP contribution in [0.5, 0.6) is 0 Å². The molecule has 3 aromatic rings. The van der Waals surface area contributed by atoms with E-state index in [-0.39, 0.29) is 23.5 Å².